The first kappa shape index (κ1) is 17.1. The summed E-state index contributed by atoms with van der Waals surface area (Å²) in [4.78, 5) is 27.8. The maximum Gasteiger partial charge on any atom is 0.249 e. The summed E-state index contributed by atoms with van der Waals surface area (Å²) in [5, 5.41) is 0. The number of ether oxygens (including phenoxy) is 3. The largest absolute Gasteiger partial charge is 0.497 e. The van der Waals surface area contributed by atoms with Gasteiger partial charge in [0.2, 0.25) is 11.8 Å². The Morgan fingerprint density at radius 1 is 1.13 bits per heavy atom. The molecule has 2 rings (SSSR count). The van der Waals surface area contributed by atoms with Crippen LogP contribution in [0.3, 0.4) is 0 Å². The topological polar surface area (TPSA) is 68.3 Å². The lowest BCUT2D eigenvalue weighted by atomic mass is 10.1. The van der Waals surface area contributed by atoms with Crippen LogP contribution in [0.15, 0.2) is 18.2 Å². The Hall–Kier alpha value is -2.28. The summed E-state index contributed by atoms with van der Waals surface area (Å²) in [5.41, 5.74) is 0.692. The summed E-state index contributed by atoms with van der Waals surface area (Å²) in [6.45, 7) is 2.56. The van der Waals surface area contributed by atoms with Gasteiger partial charge in [-0.15, -0.1) is 0 Å². The van der Waals surface area contributed by atoms with Gasteiger partial charge in [0.05, 0.1) is 19.9 Å². The molecule has 0 spiro atoms. The standard InChI is InChI=1S/C16H22N2O5/c1-11-16(20)18(6-5-17(11)15(19)10-21-2)12-7-13(22-3)9-14(8-12)23-4/h7-9,11H,5-6,10H2,1-4H3. The molecule has 1 aromatic rings. The number of piperazine rings is 1. The van der Waals surface area contributed by atoms with Crippen LogP contribution in [0.4, 0.5) is 5.69 Å². The molecule has 1 fully saturated rings. The van der Waals surface area contributed by atoms with Crippen molar-refractivity contribution in [3.8, 4) is 11.5 Å². The van der Waals surface area contributed by atoms with E-state index < -0.39 is 6.04 Å². The van der Waals surface area contributed by atoms with Gasteiger partial charge in [-0.25, -0.2) is 0 Å². The van der Waals surface area contributed by atoms with Crippen LogP contribution in [0.5, 0.6) is 11.5 Å². The first-order chi connectivity index (χ1) is 11.0. The lowest BCUT2D eigenvalue weighted by Gasteiger charge is -2.39. The second-order valence-electron chi connectivity index (χ2n) is 5.26. The SMILES string of the molecule is COCC(=O)N1CCN(c2cc(OC)cc(OC)c2)C(=O)C1C. The van der Waals surface area contributed by atoms with Crippen LogP contribution in [0.25, 0.3) is 0 Å². The van der Waals surface area contributed by atoms with E-state index in [1.165, 1.54) is 7.11 Å². The predicted octanol–water partition coefficient (Wildman–Crippen LogP) is 0.914. The molecule has 1 saturated heterocycles. The molecule has 1 aliphatic heterocycles. The Labute approximate surface area is 135 Å². The first-order valence-electron chi connectivity index (χ1n) is 7.34. The number of anilines is 1. The summed E-state index contributed by atoms with van der Waals surface area (Å²) in [6.07, 6.45) is 0. The lowest BCUT2D eigenvalue weighted by Crippen LogP contribution is -2.58. The van der Waals surface area contributed by atoms with Crippen molar-refractivity contribution in [2.24, 2.45) is 0 Å². The Bertz CT molecular complexity index is 568. The average molecular weight is 322 g/mol. The third kappa shape index (κ3) is 3.56. The zero-order chi connectivity index (χ0) is 17.0. The summed E-state index contributed by atoms with van der Waals surface area (Å²) in [6, 6.07) is 4.76. The van der Waals surface area contributed by atoms with Crippen molar-refractivity contribution in [2.45, 2.75) is 13.0 Å². The number of benzene rings is 1. The van der Waals surface area contributed by atoms with E-state index in [1.54, 1.807) is 49.1 Å². The van der Waals surface area contributed by atoms with Crippen molar-refractivity contribution in [2.75, 3.05) is 45.9 Å². The molecule has 0 aliphatic carbocycles. The van der Waals surface area contributed by atoms with Gasteiger partial charge in [0, 0.05) is 38.4 Å². The molecule has 23 heavy (non-hydrogen) atoms. The third-order valence-electron chi connectivity index (χ3n) is 3.89. The highest BCUT2D eigenvalue weighted by molar-refractivity contribution is 6.00. The molecule has 126 valence electrons. The van der Waals surface area contributed by atoms with Gasteiger partial charge in [0.1, 0.15) is 24.1 Å². The van der Waals surface area contributed by atoms with E-state index in [2.05, 4.69) is 0 Å². The molecule has 1 aromatic carbocycles. The van der Waals surface area contributed by atoms with Crippen molar-refractivity contribution in [1.29, 1.82) is 0 Å². The number of hydrogen-bond donors (Lipinski definition) is 0. The molecule has 7 heteroatoms. The average Bonchev–Trinajstić information content (AvgIpc) is 2.56. The zero-order valence-corrected chi connectivity index (χ0v) is 13.9. The van der Waals surface area contributed by atoms with Crippen molar-refractivity contribution < 1.29 is 23.8 Å². The van der Waals surface area contributed by atoms with E-state index in [1.807, 2.05) is 0 Å². The fraction of sp³-hybridized carbons (Fsp3) is 0.500. The highest BCUT2D eigenvalue weighted by atomic mass is 16.5. The monoisotopic (exact) mass is 322 g/mol. The number of rotatable bonds is 5. The first-order valence-corrected chi connectivity index (χ1v) is 7.34. The summed E-state index contributed by atoms with van der Waals surface area (Å²) in [5.74, 6) is 0.891. The normalized spacial score (nSPS) is 18.1. The van der Waals surface area contributed by atoms with E-state index >= 15 is 0 Å². The maximum absolute atomic E-state index is 12.7. The van der Waals surface area contributed by atoms with Crippen molar-refractivity contribution in [1.82, 2.24) is 4.90 Å². The molecule has 0 saturated carbocycles. The van der Waals surface area contributed by atoms with Gasteiger partial charge >= 0.3 is 0 Å². The van der Waals surface area contributed by atoms with E-state index in [4.69, 9.17) is 14.2 Å². The van der Waals surface area contributed by atoms with Crippen molar-refractivity contribution in [3.63, 3.8) is 0 Å². The smallest absolute Gasteiger partial charge is 0.249 e. The Balaban J connectivity index is 2.23. The number of methoxy groups -OCH3 is 3. The van der Waals surface area contributed by atoms with Gasteiger partial charge in [-0.2, -0.15) is 0 Å². The van der Waals surface area contributed by atoms with E-state index in [0.717, 1.165) is 0 Å². The number of hydrogen-bond acceptors (Lipinski definition) is 5. The number of amides is 2. The van der Waals surface area contributed by atoms with Crippen LogP contribution in [0, 0.1) is 0 Å². The van der Waals surface area contributed by atoms with Crippen LogP contribution in [0.2, 0.25) is 0 Å². The van der Waals surface area contributed by atoms with E-state index in [-0.39, 0.29) is 18.4 Å². The van der Waals surface area contributed by atoms with Crippen LogP contribution in [0.1, 0.15) is 6.92 Å². The lowest BCUT2D eigenvalue weighted by molar-refractivity contribution is -0.143. The van der Waals surface area contributed by atoms with Gasteiger partial charge in [-0.3, -0.25) is 9.59 Å². The van der Waals surface area contributed by atoms with Crippen molar-refractivity contribution >= 4 is 17.5 Å². The van der Waals surface area contributed by atoms with Crippen LogP contribution in [-0.4, -0.2) is 63.8 Å². The maximum atomic E-state index is 12.7. The minimum absolute atomic E-state index is 0.0232. The molecule has 1 atom stereocenters. The van der Waals surface area contributed by atoms with E-state index in [0.29, 0.717) is 30.3 Å². The minimum atomic E-state index is -0.538. The highest BCUT2D eigenvalue weighted by Crippen LogP contribution is 2.30. The molecule has 2 amide bonds. The number of carbonyl (C=O) groups is 2. The second kappa shape index (κ2) is 7.32. The summed E-state index contributed by atoms with van der Waals surface area (Å²) >= 11 is 0. The molecule has 0 aromatic heterocycles. The van der Waals surface area contributed by atoms with Crippen LogP contribution >= 0.6 is 0 Å². The highest BCUT2D eigenvalue weighted by Gasteiger charge is 2.35. The zero-order valence-electron chi connectivity index (χ0n) is 13.9. The Morgan fingerprint density at radius 3 is 2.26 bits per heavy atom. The van der Waals surface area contributed by atoms with Crippen LogP contribution in [-0.2, 0) is 14.3 Å². The quantitative estimate of drug-likeness (QED) is 0.806. The minimum Gasteiger partial charge on any atom is -0.497 e. The molecular formula is C16H22N2O5. The van der Waals surface area contributed by atoms with Gasteiger partial charge in [0.25, 0.3) is 0 Å². The predicted molar refractivity (Wildman–Crippen MR) is 85.0 cm³/mol. The fourth-order valence-corrected chi connectivity index (χ4v) is 2.62. The second-order valence-corrected chi connectivity index (χ2v) is 5.26. The van der Waals surface area contributed by atoms with Crippen molar-refractivity contribution in [3.05, 3.63) is 18.2 Å². The van der Waals surface area contributed by atoms with Gasteiger partial charge in [-0.05, 0) is 6.92 Å². The Morgan fingerprint density at radius 2 is 1.74 bits per heavy atom. The fourth-order valence-electron chi connectivity index (χ4n) is 2.62. The molecule has 0 N–H and O–H groups in total. The van der Waals surface area contributed by atoms with Gasteiger partial charge < -0.3 is 24.0 Å². The number of carbonyl (C=O) groups excluding carboxylic acids is 2. The van der Waals surface area contributed by atoms with Crippen LogP contribution < -0.4 is 14.4 Å². The van der Waals surface area contributed by atoms with Gasteiger partial charge in [0.15, 0.2) is 0 Å². The number of nitrogens with zero attached hydrogens (tertiary/aromatic N) is 2. The molecule has 7 nitrogen and oxygen atoms in total. The molecule has 1 aliphatic rings. The molecule has 1 heterocycles. The molecule has 0 radical (unpaired) electrons. The van der Waals surface area contributed by atoms with Gasteiger partial charge in [-0.1, -0.05) is 0 Å². The summed E-state index contributed by atoms with van der Waals surface area (Å²) in [7, 11) is 4.58. The molecule has 0 bridgehead atoms. The van der Waals surface area contributed by atoms with E-state index in [9.17, 15) is 9.59 Å². The Kier molecular flexibility index (Phi) is 5.44. The molecule has 1 unspecified atom stereocenters. The molecular weight excluding hydrogens is 300 g/mol. The third-order valence-corrected chi connectivity index (χ3v) is 3.89. The summed E-state index contributed by atoms with van der Waals surface area (Å²) < 4.78 is 15.3.